The van der Waals surface area contributed by atoms with Crippen LogP contribution in [0.4, 0.5) is 0 Å². The van der Waals surface area contributed by atoms with E-state index in [4.69, 9.17) is 0 Å². The van der Waals surface area contributed by atoms with Crippen LogP contribution in [0.2, 0.25) is 0 Å². The van der Waals surface area contributed by atoms with Crippen molar-refractivity contribution in [2.75, 3.05) is 6.54 Å². The number of aliphatic hydroxyl groups excluding tert-OH is 1. The van der Waals surface area contributed by atoms with E-state index in [1.807, 2.05) is 0 Å². The van der Waals surface area contributed by atoms with Crippen molar-refractivity contribution in [3.63, 3.8) is 0 Å². The maximum absolute atomic E-state index is 9.50. The van der Waals surface area contributed by atoms with Crippen molar-refractivity contribution in [3.8, 4) is 0 Å². The molecule has 2 unspecified atom stereocenters. The van der Waals surface area contributed by atoms with Gasteiger partial charge in [0.1, 0.15) is 0 Å². The minimum absolute atomic E-state index is 0.0511. The van der Waals surface area contributed by atoms with E-state index in [1.54, 1.807) is 0 Å². The topological polar surface area (TPSA) is 32.3 Å². The molecule has 2 nitrogen and oxygen atoms in total. The molecule has 0 heterocycles. The van der Waals surface area contributed by atoms with Crippen LogP contribution >= 0.6 is 0 Å². The van der Waals surface area contributed by atoms with Crippen LogP contribution in [0.5, 0.6) is 0 Å². The molecule has 2 N–H and O–H groups in total. The Labute approximate surface area is 81.0 Å². The van der Waals surface area contributed by atoms with Crippen molar-refractivity contribution in [2.45, 2.75) is 46.3 Å². The van der Waals surface area contributed by atoms with E-state index < -0.39 is 0 Å². The van der Waals surface area contributed by atoms with Gasteiger partial charge >= 0.3 is 0 Å². The monoisotopic (exact) mass is 183 g/mol. The highest BCUT2D eigenvalue weighted by Gasteiger charge is 2.46. The van der Waals surface area contributed by atoms with Gasteiger partial charge in [-0.3, -0.25) is 0 Å². The smallest absolute Gasteiger partial charge is 0.0621 e. The molecule has 0 aliphatic heterocycles. The van der Waals surface area contributed by atoms with Crippen molar-refractivity contribution in [2.24, 2.45) is 5.41 Å². The molecule has 0 saturated heterocycles. The Hall–Kier alpha value is -0.340. The van der Waals surface area contributed by atoms with Crippen molar-refractivity contribution in [1.29, 1.82) is 0 Å². The second-order valence-corrected chi connectivity index (χ2v) is 4.82. The molecule has 0 aromatic rings. The molecular weight excluding hydrogens is 162 g/mol. The molecule has 0 bridgehead atoms. The minimum atomic E-state index is -0.128. The lowest BCUT2D eigenvalue weighted by atomic mass is 9.64. The Bertz CT molecular complexity index is 204. The highest BCUT2D eigenvalue weighted by molar-refractivity contribution is 5.03. The summed E-state index contributed by atoms with van der Waals surface area (Å²) in [7, 11) is 0. The molecule has 0 spiro atoms. The van der Waals surface area contributed by atoms with E-state index in [9.17, 15) is 5.11 Å². The van der Waals surface area contributed by atoms with E-state index >= 15 is 0 Å². The first kappa shape index (κ1) is 10.7. The number of allylic oxidation sites excluding steroid dienone is 1. The summed E-state index contributed by atoms with van der Waals surface area (Å²) in [5, 5.41) is 12.9. The van der Waals surface area contributed by atoms with Gasteiger partial charge in [0.15, 0.2) is 0 Å². The van der Waals surface area contributed by atoms with Crippen LogP contribution in [0.1, 0.15) is 34.1 Å². The van der Waals surface area contributed by atoms with Gasteiger partial charge in [0.2, 0.25) is 0 Å². The second kappa shape index (κ2) is 3.81. The SMILES string of the molecule is CC(C)=CCNC1CC(O)C1(C)C. The summed E-state index contributed by atoms with van der Waals surface area (Å²) >= 11 is 0. The van der Waals surface area contributed by atoms with E-state index in [2.05, 4.69) is 39.1 Å². The Kier molecular flexibility index (Phi) is 3.14. The molecular formula is C11H21NO. The second-order valence-electron chi connectivity index (χ2n) is 4.82. The van der Waals surface area contributed by atoms with E-state index in [1.165, 1.54) is 5.57 Å². The molecule has 13 heavy (non-hydrogen) atoms. The average Bonchev–Trinajstić information content (AvgIpc) is 2.02. The molecule has 1 fully saturated rings. The third-order valence-corrected chi connectivity index (χ3v) is 3.09. The summed E-state index contributed by atoms with van der Waals surface area (Å²) in [6.45, 7) is 9.34. The largest absolute Gasteiger partial charge is 0.392 e. The molecule has 1 aliphatic carbocycles. The normalized spacial score (nSPS) is 30.8. The standard InChI is InChI=1S/C11H21NO/c1-8(2)5-6-12-9-7-10(13)11(9,3)4/h5,9-10,12-13H,6-7H2,1-4H3. The predicted octanol–water partition coefficient (Wildman–Crippen LogP) is 1.70. The number of nitrogens with one attached hydrogen (secondary N) is 1. The number of aliphatic hydroxyl groups is 1. The fourth-order valence-corrected chi connectivity index (χ4v) is 1.65. The van der Waals surface area contributed by atoms with E-state index in [0.29, 0.717) is 6.04 Å². The Morgan fingerprint density at radius 1 is 1.54 bits per heavy atom. The summed E-state index contributed by atoms with van der Waals surface area (Å²) in [4.78, 5) is 0. The number of rotatable bonds is 3. The van der Waals surface area contributed by atoms with Crippen LogP contribution in [-0.2, 0) is 0 Å². The van der Waals surface area contributed by atoms with Gasteiger partial charge in [-0.15, -0.1) is 0 Å². The van der Waals surface area contributed by atoms with Gasteiger partial charge in [0.25, 0.3) is 0 Å². The first-order valence-electron chi connectivity index (χ1n) is 4.99. The van der Waals surface area contributed by atoms with Crippen LogP contribution < -0.4 is 5.32 Å². The third-order valence-electron chi connectivity index (χ3n) is 3.09. The van der Waals surface area contributed by atoms with Crippen LogP contribution in [0.3, 0.4) is 0 Å². The summed E-state index contributed by atoms with van der Waals surface area (Å²) in [5.41, 5.74) is 1.39. The third kappa shape index (κ3) is 2.32. The van der Waals surface area contributed by atoms with Crippen LogP contribution in [0, 0.1) is 5.41 Å². The summed E-state index contributed by atoms with van der Waals surface area (Å²) in [6.07, 6.45) is 2.95. The van der Waals surface area contributed by atoms with Gasteiger partial charge < -0.3 is 10.4 Å². The molecule has 1 aliphatic rings. The molecule has 2 atom stereocenters. The fourth-order valence-electron chi connectivity index (χ4n) is 1.65. The lowest BCUT2D eigenvalue weighted by molar-refractivity contribution is -0.0712. The maximum atomic E-state index is 9.50. The highest BCUT2D eigenvalue weighted by Crippen LogP contribution is 2.40. The van der Waals surface area contributed by atoms with Gasteiger partial charge in [-0.25, -0.2) is 0 Å². The zero-order chi connectivity index (χ0) is 10.1. The summed E-state index contributed by atoms with van der Waals surface area (Å²) < 4.78 is 0. The Morgan fingerprint density at radius 2 is 2.15 bits per heavy atom. The minimum Gasteiger partial charge on any atom is -0.392 e. The van der Waals surface area contributed by atoms with E-state index in [-0.39, 0.29) is 11.5 Å². The molecule has 0 radical (unpaired) electrons. The summed E-state index contributed by atoms with van der Waals surface area (Å²) in [5.74, 6) is 0. The van der Waals surface area contributed by atoms with Gasteiger partial charge in [0, 0.05) is 18.0 Å². The first-order chi connectivity index (χ1) is 5.94. The first-order valence-corrected chi connectivity index (χ1v) is 4.99. The molecule has 1 rings (SSSR count). The molecule has 76 valence electrons. The van der Waals surface area contributed by atoms with Crippen LogP contribution in [-0.4, -0.2) is 23.8 Å². The lowest BCUT2D eigenvalue weighted by Gasteiger charge is -2.49. The van der Waals surface area contributed by atoms with Crippen molar-refractivity contribution < 1.29 is 5.11 Å². The molecule has 0 amide bonds. The average molecular weight is 183 g/mol. The fraction of sp³-hybridized carbons (Fsp3) is 0.818. The number of hydrogen-bond acceptors (Lipinski definition) is 2. The number of hydrogen-bond donors (Lipinski definition) is 2. The van der Waals surface area contributed by atoms with Crippen LogP contribution in [0.15, 0.2) is 11.6 Å². The zero-order valence-electron chi connectivity index (χ0n) is 9.09. The molecule has 0 aromatic carbocycles. The molecule has 0 aromatic heterocycles. The van der Waals surface area contributed by atoms with Gasteiger partial charge in [-0.05, 0) is 20.3 Å². The zero-order valence-corrected chi connectivity index (χ0v) is 9.09. The van der Waals surface area contributed by atoms with Gasteiger partial charge in [-0.2, -0.15) is 0 Å². The van der Waals surface area contributed by atoms with Crippen LogP contribution in [0.25, 0.3) is 0 Å². The van der Waals surface area contributed by atoms with Gasteiger partial charge in [0.05, 0.1) is 6.10 Å². The van der Waals surface area contributed by atoms with Gasteiger partial charge in [-0.1, -0.05) is 25.5 Å². The predicted molar refractivity (Wildman–Crippen MR) is 55.6 cm³/mol. The Balaban J connectivity index is 2.29. The maximum Gasteiger partial charge on any atom is 0.0621 e. The lowest BCUT2D eigenvalue weighted by Crippen LogP contribution is -2.59. The molecule has 2 heteroatoms. The summed E-state index contributed by atoms with van der Waals surface area (Å²) in [6, 6.07) is 0.470. The van der Waals surface area contributed by atoms with E-state index in [0.717, 1.165) is 13.0 Å². The Morgan fingerprint density at radius 3 is 2.54 bits per heavy atom. The quantitative estimate of drug-likeness (QED) is 0.653. The molecule has 1 saturated carbocycles. The highest BCUT2D eigenvalue weighted by atomic mass is 16.3. The van der Waals surface area contributed by atoms with Crippen molar-refractivity contribution in [3.05, 3.63) is 11.6 Å². The van der Waals surface area contributed by atoms with Crippen molar-refractivity contribution >= 4 is 0 Å². The van der Waals surface area contributed by atoms with Crippen molar-refractivity contribution in [1.82, 2.24) is 5.32 Å².